The molecule has 1 atom stereocenters. The van der Waals surface area contributed by atoms with Gasteiger partial charge in [-0.15, -0.1) is 0 Å². The van der Waals surface area contributed by atoms with Crippen molar-refractivity contribution in [2.45, 2.75) is 12.3 Å². The number of nitrogens with one attached hydrogen (secondary N) is 1. The number of ether oxygens (including phenoxy) is 2. The van der Waals surface area contributed by atoms with Gasteiger partial charge in [0.15, 0.2) is 11.5 Å². The first-order chi connectivity index (χ1) is 10.7. The fourth-order valence-electron chi connectivity index (χ4n) is 2.57. The molecule has 1 N–H and O–H groups in total. The van der Waals surface area contributed by atoms with Crippen LogP contribution in [0, 0.1) is 0 Å². The van der Waals surface area contributed by atoms with E-state index in [4.69, 9.17) is 21.1 Å². The second kappa shape index (κ2) is 6.28. The van der Waals surface area contributed by atoms with E-state index in [1.807, 2.05) is 18.2 Å². The first-order valence-corrected chi connectivity index (χ1v) is 7.42. The van der Waals surface area contributed by atoms with Crippen molar-refractivity contribution in [3.05, 3.63) is 53.1 Å². The van der Waals surface area contributed by atoms with E-state index in [-0.39, 0.29) is 11.8 Å². The summed E-state index contributed by atoms with van der Waals surface area (Å²) in [5, 5.41) is 3.50. The summed E-state index contributed by atoms with van der Waals surface area (Å²) >= 11 is 5.90. The number of rotatable bonds is 4. The van der Waals surface area contributed by atoms with Crippen molar-refractivity contribution in [2.75, 3.05) is 13.7 Å². The van der Waals surface area contributed by atoms with Gasteiger partial charge < -0.3 is 14.8 Å². The minimum Gasteiger partial charge on any atom is -0.493 e. The van der Waals surface area contributed by atoms with Gasteiger partial charge in [0.25, 0.3) is 0 Å². The van der Waals surface area contributed by atoms with E-state index in [0.717, 1.165) is 5.56 Å². The Bertz CT molecular complexity index is 685. The van der Waals surface area contributed by atoms with Gasteiger partial charge in [-0.3, -0.25) is 4.79 Å². The van der Waals surface area contributed by atoms with E-state index >= 15 is 0 Å². The Kier molecular flexibility index (Phi) is 4.20. The number of amides is 1. The summed E-state index contributed by atoms with van der Waals surface area (Å²) < 4.78 is 11.4. The van der Waals surface area contributed by atoms with Crippen LogP contribution in [0.15, 0.2) is 42.5 Å². The molecule has 3 rings (SSSR count). The summed E-state index contributed by atoms with van der Waals surface area (Å²) in [7, 11) is 1.60. The maximum atomic E-state index is 11.5. The highest BCUT2D eigenvalue weighted by molar-refractivity contribution is 6.30. The lowest BCUT2D eigenvalue weighted by atomic mass is 9.97. The predicted molar refractivity (Wildman–Crippen MR) is 84.9 cm³/mol. The Labute approximate surface area is 134 Å². The largest absolute Gasteiger partial charge is 0.493 e. The fraction of sp³-hybridized carbons (Fsp3) is 0.235. The second-order valence-corrected chi connectivity index (χ2v) is 5.58. The van der Waals surface area contributed by atoms with Gasteiger partial charge in [-0.05, 0) is 30.3 Å². The summed E-state index contributed by atoms with van der Waals surface area (Å²) in [4.78, 5) is 11.5. The number of hydrogen-bond donors (Lipinski definition) is 1. The van der Waals surface area contributed by atoms with Gasteiger partial charge in [-0.2, -0.15) is 0 Å². The molecule has 0 spiro atoms. The van der Waals surface area contributed by atoms with Gasteiger partial charge in [-0.25, -0.2) is 0 Å². The molecule has 0 radical (unpaired) electrons. The molecule has 1 amide bonds. The van der Waals surface area contributed by atoms with Gasteiger partial charge >= 0.3 is 0 Å². The molecule has 1 aliphatic rings. The molecule has 1 fully saturated rings. The summed E-state index contributed by atoms with van der Waals surface area (Å²) in [6, 6.07) is 12.9. The molecule has 0 bridgehead atoms. The Morgan fingerprint density at radius 1 is 1.18 bits per heavy atom. The number of benzene rings is 2. The molecule has 1 unspecified atom stereocenters. The molecule has 22 heavy (non-hydrogen) atoms. The molecule has 1 aliphatic heterocycles. The number of carbonyl (C=O) groups excluding carboxylic acids is 1. The predicted octanol–water partition coefficient (Wildman–Crippen LogP) is 3.74. The normalized spacial score (nSPS) is 17.2. The molecule has 0 aromatic heterocycles. The molecule has 1 heterocycles. The Morgan fingerprint density at radius 3 is 2.59 bits per heavy atom. The number of methoxy groups -OCH3 is 1. The van der Waals surface area contributed by atoms with Gasteiger partial charge in [-0.1, -0.05) is 23.7 Å². The van der Waals surface area contributed by atoms with E-state index in [9.17, 15) is 4.79 Å². The highest BCUT2D eigenvalue weighted by atomic mass is 35.5. The van der Waals surface area contributed by atoms with Crippen molar-refractivity contribution in [2.24, 2.45) is 0 Å². The smallest absolute Gasteiger partial charge is 0.220 e. The Hall–Kier alpha value is -2.20. The highest BCUT2D eigenvalue weighted by Crippen LogP contribution is 2.40. The lowest BCUT2D eigenvalue weighted by Gasteiger charge is -2.17. The van der Waals surface area contributed by atoms with E-state index in [1.54, 1.807) is 31.4 Å². The maximum absolute atomic E-state index is 11.5. The first-order valence-electron chi connectivity index (χ1n) is 7.04. The van der Waals surface area contributed by atoms with E-state index in [0.29, 0.717) is 35.2 Å². The van der Waals surface area contributed by atoms with Crippen molar-refractivity contribution < 1.29 is 14.3 Å². The minimum atomic E-state index is 0.0604. The zero-order chi connectivity index (χ0) is 15.5. The standard InChI is InChI=1S/C17H16ClNO3/c1-21-15-4-2-3-14(11-9-16(20)19-10-11)17(15)22-13-7-5-12(18)6-8-13/h2-8,11H,9-10H2,1H3,(H,19,20). The van der Waals surface area contributed by atoms with Crippen molar-refractivity contribution in [1.82, 2.24) is 5.32 Å². The molecule has 5 heteroatoms. The number of carbonyl (C=O) groups is 1. The quantitative estimate of drug-likeness (QED) is 0.934. The lowest BCUT2D eigenvalue weighted by molar-refractivity contribution is -0.119. The molecular formula is C17H16ClNO3. The van der Waals surface area contributed by atoms with E-state index in [2.05, 4.69) is 5.32 Å². The fourth-order valence-corrected chi connectivity index (χ4v) is 2.70. The minimum absolute atomic E-state index is 0.0604. The molecule has 2 aromatic carbocycles. The van der Waals surface area contributed by atoms with E-state index < -0.39 is 0 Å². The number of halogens is 1. The molecule has 2 aromatic rings. The van der Waals surface area contributed by atoms with Crippen molar-refractivity contribution in [3.63, 3.8) is 0 Å². The summed E-state index contributed by atoms with van der Waals surface area (Å²) in [5.74, 6) is 2.11. The van der Waals surface area contributed by atoms with Crippen LogP contribution in [0.5, 0.6) is 17.2 Å². The third kappa shape index (κ3) is 3.02. The summed E-state index contributed by atoms with van der Waals surface area (Å²) in [5.41, 5.74) is 0.965. The average molecular weight is 318 g/mol. The van der Waals surface area contributed by atoms with Crippen LogP contribution in [0.4, 0.5) is 0 Å². The molecule has 114 valence electrons. The van der Waals surface area contributed by atoms with Crippen molar-refractivity contribution in [3.8, 4) is 17.2 Å². The SMILES string of the molecule is COc1cccc(C2CNC(=O)C2)c1Oc1ccc(Cl)cc1. The molecule has 4 nitrogen and oxygen atoms in total. The van der Waals surface area contributed by atoms with Crippen LogP contribution in [-0.4, -0.2) is 19.6 Å². The topological polar surface area (TPSA) is 47.6 Å². The average Bonchev–Trinajstić information content (AvgIpc) is 2.96. The number of hydrogen-bond acceptors (Lipinski definition) is 3. The molecule has 1 saturated heterocycles. The molecule has 0 aliphatic carbocycles. The van der Waals surface area contributed by atoms with Gasteiger partial charge in [0, 0.05) is 29.5 Å². The first kappa shape index (κ1) is 14.7. The number of para-hydroxylation sites is 1. The van der Waals surface area contributed by atoms with Crippen LogP contribution in [-0.2, 0) is 4.79 Å². The monoisotopic (exact) mass is 317 g/mol. The van der Waals surface area contributed by atoms with Crippen LogP contribution < -0.4 is 14.8 Å². The third-order valence-electron chi connectivity index (χ3n) is 3.68. The second-order valence-electron chi connectivity index (χ2n) is 5.14. The van der Waals surface area contributed by atoms with Crippen molar-refractivity contribution >= 4 is 17.5 Å². The van der Waals surface area contributed by atoms with Crippen molar-refractivity contribution in [1.29, 1.82) is 0 Å². The Morgan fingerprint density at radius 2 is 1.95 bits per heavy atom. The van der Waals surface area contributed by atoms with Crippen LogP contribution in [0.25, 0.3) is 0 Å². The summed E-state index contributed by atoms with van der Waals surface area (Å²) in [6.45, 7) is 0.614. The van der Waals surface area contributed by atoms with Gasteiger partial charge in [0.05, 0.1) is 7.11 Å². The molecular weight excluding hydrogens is 302 g/mol. The third-order valence-corrected chi connectivity index (χ3v) is 3.93. The van der Waals surface area contributed by atoms with Gasteiger partial charge in [0.1, 0.15) is 5.75 Å². The molecule has 0 saturated carbocycles. The zero-order valence-corrected chi connectivity index (χ0v) is 12.9. The van der Waals surface area contributed by atoms with E-state index in [1.165, 1.54) is 0 Å². The van der Waals surface area contributed by atoms with Crippen LogP contribution >= 0.6 is 11.6 Å². The Balaban J connectivity index is 1.96. The van der Waals surface area contributed by atoms with Crippen LogP contribution in [0.3, 0.4) is 0 Å². The van der Waals surface area contributed by atoms with Crippen LogP contribution in [0.2, 0.25) is 5.02 Å². The maximum Gasteiger partial charge on any atom is 0.220 e. The highest BCUT2D eigenvalue weighted by Gasteiger charge is 2.27. The zero-order valence-electron chi connectivity index (χ0n) is 12.1. The lowest BCUT2D eigenvalue weighted by Crippen LogP contribution is -2.13. The van der Waals surface area contributed by atoms with Gasteiger partial charge in [0.2, 0.25) is 5.91 Å². The summed E-state index contributed by atoms with van der Waals surface area (Å²) in [6.07, 6.45) is 0.462. The van der Waals surface area contributed by atoms with Crippen LogP contribution in [0.1, 0.15) is 17.9 Å².